The minimum absolute atomic E-state index is 0.196. The smallest absolute Gasteiger partial charge is 0.0415 e. The Morgan fingerprint density at radius 3 is 2.95 bits per heavy atom. The van der Waals surface area contributed by atoms with Gasteiger partial charge in [-0.05, 0) is 74.3 Å². The van der Waals surface area contributed by atoms with Crippen LogP contribution >= 0.6 is 0 Å². The summed E-state index contributed by atoms with van der Waals surface area (Å²) in [6, 6.07) is 0.196. The van der Waals surface area contributed by atoms with E-state index in [1.807, 2.05) is 0 Å². The maximum absolute atomic E-state index is 6.18. The summed E-state index contributed by atoms with van der Waals surface area (Å²) in [5.41, 5.74) is 12.3. The third-order valence-corrected chi connectivity index (χ3v) is 5.50. The van der Waals surface area contributed by atoms with Gasteiger partial charge in [-0.1, -0.05) is 17.7 Å². The van der Waals surface area contributed by atoms with Crippen molar-refractivity contribution in [3.05, 3.63) is 33.0 Å². The first-order valence-corrected chi connectivity index (χ1v) is 8.82. The zero-order valence-corrected chi connectivity index (χ0v) is 13.5. The van der Waals surface area contributed by atoms with Gasteiger partial charge in [0, 0.05) is 23.6 Å². The molecule has 4 rings (SSSR count). The van der Waals surface area contributed by atoms with Crippen LogP contribution in [-0.2, 0) is 12.8 Å². The normalized spacial score (nSPS) is 29.1. The van der Waals surface area contributed by atoms with Crippen molar-refractivity contribution in [2.45, 2.75) is 51.5 Å². The van der Waals surface area contributed by atoms with E-state index in [0.29, 0.717) is 0 Å². The molecule has 0 aromatic carbocycles. The molecule has 0 amide bonds. The number of H-pyrrole nitrogens is 1. The SMILES string of the molecule is CC(N)/C1=C2\CC2CCc2[nH]c3c(c2CCNC1)=CCCC=3. The quantitative estimate of drug-likeness (QED) is 0.680. The van der Waals surface area contributed by atoms with Crippen LogP contribution in [0.4, 0.5) is 0 Å². The molecule has 1 aromatic heterocycles. The predicted octanol–water partition coefficient (Wildman–Crippen LogP) is 1.11. The van der Waals surface area contributed by atoms with Crippen molar-refractivity contribution in [2.24, 2.45) is 11.7 Å². The predicted molar refractivity (Wildman–Crippen MR) is 91.9 cm³/mol. The highest BCUT2D eigenvalue weighted by Crippen LogP contribution is 2.44. The van der Waals surface area contributed by atoms with E-state index in [2.05, 4.69) is 29.4 Å². The fourth-order valence-corrected chi connectivity index (χ4v) is 4.18. The molecule has 118 valence electrons. The standard InChI is InChI=1S/C19H27N3/c1-12(20)17-11-21-9-8-15-14-4-2-3-5-18(14)22-19(15)7-6-13-10-16(13)17/h4-5,12-13,21-22H,2-3,6-11,20H2,1H3/b17-16+. The Balaban J connectivity index is 1.65. The van der Waals surface area contributed by atoms with Crippen LogP contribution in [0.3, 0.4) is 0 Å². The first kappa shape index (κ1) is 14.3. The van der Waals surface area contributed by atoms with Gasteiger partial charge in [-0.25, -0.2) is 0 Å². The van der Waals surface area contributed by atoms with E-state index >= 15 is 0 Å². The molecule has 1 saturated carbocycles. The summed E-state index contributed by atoms with van der Waals surface area (Å²) >= 11 is 0. The Hall–Kier alpha value is -1.32. The minimum Gasteiger partial charge on any atom is -0.358 e. The highest BCUT2D eigenvalue weighted by Gasteiger charge is 2.33. The van der Waals surface area contributed by atoms with Crippen molar-refractivity contribution in [1.29, 1.82) is 0 Å². The largest absolute Gasteiger partial charge is 0.358 e. The van der Waals surface area contributed by atoms with Crippen LogP contribution in [0.5, 0.6) is 0 Å². The van der Waals surface area contributed by atoms with E-state index in [1.54, 1.807) is 11.1 Å². The Morgan fingerprint density at radius 1 is 1.23 bits per heavy atom. The molecule has 2 aliphatic carbocycles. The average Bonchev–Trinajstić information content (AvgIpc) is 3.18. The van der Waals surface area contributed by atoms with E-state index in [1.165, 1.54) is 53.9 Å². The Bertz CT molecular complexity index is 721. The summed E-state index contributed by atoms with van der Waals surface area (Å²) in [5, 5.41) is 6.49. The number of nitrogens with one attached hydrogen (secondary N) is 2. The van der Waals surface area contributed by atoms with Gasteiger partial charge in [-0.3, -0.25) is 0 Å². The second-order valence-electron chi connectivity index (χ2n) is 7.10. The van der Waals surface area contributed by atoms with Gasteiger partial charge in [0.25, 0.3) is 0 Å². The van der Waals surface area contributed by atoms with Crippen LogP contribution in [0.2, 0.25) is 0 Å². The van der Waals surface area contributed by atoms with Crippen LogP contribution in [0, 0.1) is 5.92 Å². The third kappa shape index (κ3) is 2.57. The number of rotatable bonds is 1. The number of aromatic nitrogens is 1. The number of fused-ring (bicyclic) bond motifs is 4. The van der Waals surface area contributed by atoms with Crippen molar-refractivity contribution in [3.63, 3.8) is 0 Å². The lowest BCUT2D eigenvalue weighted by Crippen LogP contribution is -2.31. The van der Waals surface area contributed by atoms with Gasteiger partial charge < -0.3 is 16.0 Å². The number of nitrogens with two attached hydrogens (primary N) is 1. The Morgan fingerprint density at radius 2 is 2.09 bits per heavy atom. The van der Waals surface area contributed by atoms with Gasteiger partial charge in [0.2, 0.25) is 0 Å². The molecule has 2 atom stereocenters. The summed E-state index contributed by atoms with van der Waals surface area (Å²) in [6.45, 7) is 4.14. The Kier molecular flexibility index (Phi) is 3.71. The molecule has 0 saturated heterocycles. The average molecular weight is 297 g/mol. The van der Waals surface area contributed by atoms with Crippen LogP contribution in [-0.4, -0.2) is 24.1 Å². The zero-order chi connectivity index (χ0) is 15.1. The summed E-state index contributed by atoms with van der Waals surface area (Å²) in [4.78, 5) is 3.71. The second kappa shape index (κ2) is 5.71. The lowest BCUT2D eigenvalue weighted by atomic mass is 10.0. The van der Waals surface area contributed by atoms with Crippen LogP contribution in [0.1, 0.15) is 43.9 Å². The number of hydrogen-bond acceptors (Lipinski definition) is 2. The van der Waals surface area contributed by atoms with Gasteiger partial charge in [-0.2, -0.15) is 0 Å². The summed E-state index contributed by atoms with van der Waals surface area (Å²) in [5.74, 6) is 0.780. The molecule has 3 aliphatic rings. The highest BCUT2D eigenvalue weighted by atomic mass is 14.9. The molecule has 1 aromatic rings. The maximum Gasteiger partial charge on any atom is 0.0415 e. The topological polar surface area (TPSA) is 53.8 Å². The number of hydrogen-bond donors (Lipinski definition) is 3. The molecule has 2 unspecified atom stereocenters. The summed E-state index contributed by atoms with van der Waals surface area (Å²) in [7, 11) is 0. The molecule has 2 heterocycles. The Labute approximate surface area is 132 Å². The fourth-order valence-electron chi connectivity index (χ4n) is 4.18. The zero-order valence-electron chi connectivity index (χ0n) is 13.5. The summed E-state index contributed by atoms with van der Waals surface area (Å²) in [6.07, 6.45) is 12.0. The van der Waals surface area contributed by atoms with E-state index in [4.69, 9.17) is 5.73 Å². The molecule has 0 spiro atoms. The van der Waals surface area contributed by atoms with Gasteiger partial charge in [0.15, 0.2) is 0 Å². The first-order valence-electron chi connectivity index (χ1n) is 8.82. The molecule has 1 fully saturated rings. The van der Waals surface area contributed by atoms with E-state index in [9.17, 15) is 0 Å². The lowest BCUT2D eigenvalue weighted by molar-refractivity contribution is 0.686. The third-order valence-electron chi connectivity index (χ3n) is 5.50. The number of aryl methyl sites for hydroxylation is 1. The molecule has 0 bridgehead atoms. The molecule has 3 nitrogen and oxygen atoms in total. The minimum atomic E-state index is 0.196. The summed E-state index contributed by atoms with van der Waals surface area (Å²) < 4.78 is 0. The number of aromatic amines is 1. The van der Waals surface area contributed by atoms with Gasteiger partial charge in [0.05, 0.1) is 0 Å². The molecule has 22 heavy (non-hydrogen) atoms. The van der Waals surface area contributed by atoms with Crippen LogP contribution < -0.4 is 21.6 Å². The number of allylic oxidation sites excluding steroid dienone is 1. The van der Waals surface area contributed by atoms with Crippen LogP contribution in [0.25, 0.3) is 12.2 Å². The van der Waals surface area contributed by atoms with Crippen molar-refractivity contribution >= 4 is 12.2 Å². The first-order chi connectivity index (χ1) is 10.7. The van der Waals surface area contributed by atoms with Crippen molar-refractivity contribution in [1.82, 2.24) is 10.3 Å². The van der Waals surface area contributed by atoms with Gasteiger partial charge in [0.1, 0.15) is 0 Å². The monoisotopic (exact) mass is 297 g/mol. The van der Waals surface area contributed by atoms with E-state index in [-0.39, 0.29) is 6.04 Å². The van der Waals surface area contributed by atoms with Gasteiger partial charge in [-0.15, -0.1) is 0 Å². The van der Waals surface area contributed by atoms with Crippen LogP contribution in [0.15, 0.2) is 11.1 Å². The highest BCUT2D eigenvalue weighted by molar-refractivity contribution is 5.42. The second-order valence-corrected chi connectivity index (χ2v) is 7.10. The molecule has 4 N–H and O–H groups in total. The molecule has 0 radical (unpaired) electrons. The molecular weight excluding hydrogens is 270 g/mol. The molecule has 1 aliphatic heterocycles. The van der Waals surface area contributed by atoms with Gasteiger partial charge >= 0.3 is 0 Å². The van der Waals surface area contributed by atoms with Crippen molar-refractivity contribution in [2.75, 3.05) is 13.1 Å². The molecular formula is C19H27N3. The fraction of sp³-hybridized carbons (Fsp3) is 0.579. The van der Waals surface area contributed by atoms with Crippen molar-refractivity contribution < 1.29 is 0 Å². The lowest BCUT2D eigenvalue weighted by Gasteiger charge is -2.12. The molecule has 3 heteroatoms. The van der Waals surface area contributed by atoms with E-state index in [0.717, 1.165) is 25.4 Å². The maximum atomic E-state index is 6.18. The van der Waals surface area contributed by atoms with Crippen molar-refractivity contribution in [3.8, 4) is 0 Å². The van der Waals surface area contributed by atoms with E-state index < -0.39 is 0 Å².